The van der Waals surface area contributed by atoms with Crippen molar-refractivity contribution in [1.29, 1.82) is 4.78 Å². The van der Waals surface area contributed by atoms with Crippen LogP contribution in [0.4, 0.5) is 13.2 Å². The Labute approximate surface area is 121 Å². The highest BCUT2D eigenvalue weighted by atomic mass is 32.2. The smallest absolute Gasteiger partial charge is 0.316 e. The minimum absolute atomic E-state index is 0.428. The summed E-state index contributed by atoms with van der Waals surface area (Å²) in [7, 11) is -4.75. The van der Waals surface area contributed by atoms with Crippen molar-refractivity contribution in [1.82, 2.24) is 5.32 Å². The fourth-order valence-electron chi connectivity index (χ4n) is 3.39. The molecule has 0 bridgehead atoms. The van der Waals surface area contributed by atoms with E-state index >= 15 is 0 Å². The van der Waals surface area contributed by atoms with Crippen molar-refractivity contribution in [2.24, 2.45) is 11.3 Å². The van der Waals surface area contributed by atoms with Crippen molar-refractivity contribution in [3.05, 3.63) is 29.8 Å². The molecule has 1 aromatic carbocycles. The summed E-state index contributed by atoms with van der Waals surface area (Å²) >= 11 is 0. The fraction of sp³-hybridized carbons (Fsp3) is 0.571. The first-order valence-corrected chi connectivity index (χ1v) is 8.43. The van der Waals surface area contributed by atoms with Crippen LogP contribution in [0.5, 0.6) is 0 Å². The largest absolute Gasteiger partial charge is 0.483 e. The first kappa shape index (κ1) is 14.8. The van der Waals surface area contributed by atoms with Gasteiger partial charge in [-0.25, -0.2) is 8.99 Å². The van der Waals surface area contributed by atoms with E-state index in [9.17, 15) is 17.4 Å². The molecule has 2 aliphatic rings. The molecular weight excluding hydrogens is 301 g/mol. The maximum absolute atomic E-state index is 12.7. The average molecular weight is 318 g/mol. The van der Waals surface area contributed by atoms with Crippen LogP contribution in [0.25, 0.3) is 0 Å². The first-order chi connectivity index (χ1) is 9.72. The topological polar surface area (TPSA) is 53.0 Å². The molecule has 0 amide bonds. The number of hydrogen-bond donors (Lipinski definition) is 2. The number of rotatable bonds is 3. The monoisotopic (exact) mass is 318 g/mol. The Bertz CT molecular complexity index is 642. The van der Waals surface area contributed by atoms with Crippen LogP contribution in [-0.4, -0.2) is 22.8 Å². The van der Waals surface area contributed by atoms with Gasteiger partial charge in [-0.05, 0) is 48.3 Å². The van der Waals surface area contributed by atoms with Gasteiger partial charge in [0.15, 0.2) is 9.73 Å². The van der Waals surface area contributed by atoms with Crippen molar-refractivity contribution in [3.63, 3.8) is 0 Å². The third-order valence-electron chi connectivity index (χ3n) is 4.52. The molecule has 0 aromatic heterocycles. The Morgan fingerprint density at radius 3 is 2.52 bits per heavy atom. The van der Waals surface area contributed by atoms with Crippen LogP contribution in [0.3, 0.4) is 0 Å². The second kappa shape index (κ2) is 4.71. The van der Waals surface area contributed by atoms with Crippen LogP contribution in [0.1, 0.15) is 18.4 Å². The van der Waals surface area contributed by atoms with E-state index in [0.717, 1.165) is 37.6 Å². The molecule has 7 heteroatoms. The van der Waals surface area contributed by atoms with E-state index in [0.29, 0.717) is 17.8 Å². The van der Waals surface area contributed by atoms with Gasteiger partial charge in [0, 0.05) is 13.1 Å². The van der Waals surface area contributed by atoms with Crippen molar-refractivity contribution in [2.75, 3.05) is 13.1 Å². The van der Waals surface area contributed by atoms with Crippen molar-refractivity contribution < 1.29 is 17.4 Å². The molecule has 1 aliphatic carbocycles. The summed E-state index contributed by atoms with van der Waals surface area (Å²) in [5.74, 6) is 0.482. The summed E-state index contributed by atoms with van der Waals surface area (Å²) in [4.78, 5) is -0.438. The normalized spacial score (nSPS) is 24.1. The van der Waals surface area contributed by atoms with Crippen LogP contribution in [0, 0.1) is 16.1 Å². The molecule has 1 aromatic rings. The molecule has 3 rings (SSSR count). The predicted octanol–water partition coefficient (Wildman–Crippen LogP) is 3.15. The Morgan fingerprint density at radius 1 is 1.33 bits per heavy atom. The molecular formula is C14H17F3N2OS. The summed E-state index contributed by atoms with van der Waals surface area (Å²) in [5.41, 5.74) is -3.86. The van der Waals surface area contributed by atoms with Gasteiger partial charge in [-0.15, -0.1) is 0 Å². The second-order valence-corrected chi connectivity index (χ2v) is 8.28. The number of benzene rings is 1. The summed E-state index contributed by atoms with van der Waals surface area (Å²) in [6.45, 7) is 2.08. The van der Waals surface area contributed by atoms with Gasteiger partial charge in [0.2, 0.25) is 0 Å². The Kier molecular flexibility index (Phi) is 3.33. The van der Waals surface area contributed by atoms with E-state index in [-0.39, 0.29) is 0 Å². The molecule has 1 aliphatic heterocycles. The summed E-state index contributed by atoms with van der Waals surface area (Å²) in [5, 5.41) is 3.25. The first-order valence-electron chi connectivity index (χ1n) is 6.87. The lowest BCUT2D eigenvalue weighted by atomic mass is 9.57. The maximum atomic E-state index is 12.7. The molecule has 1 saturated carbocycles. The summed E-state index contributed by atoms with van der Waals surface area (Å²) < 4.78 is 56.8. The molecule has 1 spiro atoms. The van der Waals surface area contributed by atoms with Crippen molar-refractivity contribution in [3.8, 4) is 0 Å². The van der Waals surface area contributed by atoms with Gasteiger partial charge in [-0.2, -0.15) is 13.2 Å². The minimum atomic E-state index is -5.02. The van der Waals surface area contributed by atoms with E-state index in [1.165, 1.54) is 12.1 Å². The van der Waals surface area contributed by atoms with Crippen LogP contribution in [0.2, 0.25) is 0 Å². The number of nitrogens with one attached hydrogen (secondary N) is 2. The Balaban J connectivity index is 1.72. The van der Waals surface area contributed by atoms with Gasteiger partial charge in [0.25, 0.3) is 0 Å². The molecule has 1 saturated heterocycles. The standard InChI is InChI=1S/C14H17F3N2OS/c15-14(16,17)21(18,20)12-3-1-2-10(5-12)4-11-6-13(7-11)8-19-9-13/h1-3,5,11,18-19H,4,6-9H2. The summed E-state index contributed by atoms with van der Waals surface area (Å²) in [6, 6.07) is 5.63. The molecule has 0 radical (unpaired) electrons. The molecule has 2 N–H and O–H groups in total. The van der Waals surface area contributed by atoms with E-state index in [2.05, 4.69) is 5.32 Å². The third kappa shape index (κ3) is 2.57. The third-order valence-corrected chi connectivity index (χ3v) is 6.09. The van der Waals surface area contributed by atoms with Gasteiger partial charge in [0.1, 0.15) is 0 Å². The predicted molar refractivity (Wildman–Crippen MR) is 73.4 cm³/mol. The molecule has 2 fully saturated rings. The maximum Gasteiger partial charge on any atom is 0.483 e. The van der Waals surface area contributed by atoms with Crippen LogP contribution < -0.4 is 5.32 Å². The van der Waals surface area contributed by atoms with Crippen LogP contribution in [-0.2, 0) is 16.1 Å². The molecule has 21 heavy (non-hydrogen) atoms. The zero-order valence-corrected chi connectivity index (χ0v) is 12.2. The van der Waals surface area contributed by atoms with E-state index < -0.39 is 20.1 Å². The second-order valence-electron chi connectivity index (χ2n) is 6.23. The minimum Gasteiger partial charge on any atom is -0.316 e. The molecule has 1 unspecified atom stereocenters. The van der Waals surface area contributed by atoms with Gasteiger partial charge in [0.05, 0.1) is 4.90 Å². The fourth-order valence-corrected chi connectivity index (χ4v) is 4.25. The average Bonchev–Trinajstić information content (AvgIpc) is 2.30. The SMILES string of the molecule is N=S(=O)(c1cccc(CC2CC3(CNC3)C2)c1)C(F)(F)F. The number of hydrogen-bond acceptors (Lipinski definition) is 3. The lowest BCUT2D eigenvalue weighted by Gasteiger charge is -2.54. The van der Waals surface area contributed by atoms with Crippen molar-refractivity contribution >= 4 is 9.73 Å². The number of halogens is 3. The Hall–Kier alpha value is -1.08. The lowest BCUT2D eigenvalue weighted by Crippen LogP contribution is -2.60. The van der Waals surface area contributed by atoms with Gasteiger partial charge in [-0.3, -0.25) is 0 Å². The van der Waals surface area contributed by atoms with Gasteiger partial charge < -0.3 is 5.32 Å². The molecule has 116 valence electrons. The van der Waals surface area contributed by atoms with Gasteiger partial charge >= 0.3 is 5.51 Å². The molecule has 3 nitrogen and oxygen atoms in total. The zero-order chi connectivity index (χ0) is 15.3. The molecule has 1 atom stereocenters. The zero-order valence-electron chi connectivity index (χ0n) is 11.4. The highest BCUT2D eigenvalue weighted by Crippen LogP contribution is 2.49. The lowest BCUT2D eigenvalue weighted by molar-refractivity contribution is -0.0406. The van der Waals surface area contributed by atoms with Crippen molar-refractivity contribution in [2.45, 2.75) is 29.7 Å². The van der Waals surface area contributed by atoms with E-state index in [1.807, 2.05) is 0 Å². The van der Waals surface area contributed by atoms with Crippen LogP contribution in [0.15, 0.2) is 29.2 Å². The highest BCUT2D eigenvalue weighted by Gasteiger charge is 2.48. The van der Waals surface area contributed by atoms with E-state index in [4.69, 9.17) is 4.78 Å². The Morgan fingerprint density at radius 2 is 2.00 bits per heavy atom. The highest BCUT2D eigenvalue weighted by molar-refractivity contribution is 7.93. The quantitative estimate of drug-likeness (QED) is 0.899. The van der Waals surface area contributed by atoms with Gasteiger partial charge in [-0.1, -0.05) is 12.1 Å². The van der Waals surface area contributed by atoms with Crippen LogP contribution >= 0.6 is 0 Å². The van der Waals surface area contributed by atoms with E-state index in [1.54, 1.807) is 6.07 Å². The molecule has 1 heterocycles. The number of alkyl halides is 3. The summed E-state index contributed by atoms with van der Waals surface area (Å²) in [6.07, 6.45) is 2.89.